The monoisotopic (exact) mass is 1230 g/mol. The number of alkyl carbamates (subject to hydrolysis) is 1. The second-order valence-corrected chi connectivity index (χ2v) is 23.5. The van der Waals surface area contributed by atoms with Gasteiger partial charge < -0.3 is 67.5 Å². The minimum atomic E-state index is -1.90. The van der Waals surface area contributed by atoms with Crippen molar-refractivity contribution < 1.29 is 76.9 Å². The first-order valence-corrected chi connectivity index (χ1v) is 30.0. The molecule has 5 heterocycles. The maximum absolute atomic E-state index is 14.5. The fourth-order valence-electron chi connectivity index (χ4n) is 11.7. The number of carboxylic acid groups (broad SMARTS) is 1. The van der Waals surface area contributed by atoms with E-state index >= 15 is 0 Å². The normalized spacial score (nSPS) is 24.9. The van der Waals surface area contributed by atoms with E-state index in [1.807, 2.05) is 49.1 Å². The lowest BCUT2D eigenvalue weighted by molar-refractivity contribution is -0.162. The molecule has 4 N–H and O–H groups in total. The number of epoxide rings is 1. The van der Waals surface area contributed by atoms with Crippen LogP contribution in [0, 0.1) is 5.92 Å². The zero-order valence-corrected chi connectivity index (χ0v) is 52.5. The first kappa shape index (κ1) is 67.9. The molecule has 87 heavy (non-hydrogen) atoms. The standard InChI is InChI=1S/C62H87ClN8O16/c1-39-14-13-17-50(82-10)62(80)37-49(85-60(79)65-62)40(2)58-61(4,87-58)51(36-55(75)68(8)47-33-42(32-39)34-48(81-9)57(47)63)86-59(78)41(3)67(7)52(72)18-19-54(74)71(27-29-84-31-30-83-28-23-56(76)77)44-20-24-69(25-21-44)53(73)22-26-70-45(38-66(6)64-5)35-43-15-11-12-16-46(43)70/h11-17,33-35,40-41,44,49-51,58,64,80H,18-32,36-38H2,1-10H3,(H,65,79)(H,76,77)/b17-13+,39-14+/t40-,41+,49+,50-,51+,58?,61?,62+/m1/s1. The first-order chi connectivity index (χ1) is 41.4. The Balaban J connectivity index is 1.03. The van der Waals surface area contributed by atoms with Gasteiger partial charge in [0.05, 0.1) is 64.7 Å². The number of carboxylic acids is 1. The average Bonchev–Trinajstić information content (AvgIpc) is 1.92. The molecule has 0 radical (unpaired) electrons. The lowest BCUT2D eigenvalue weighted by atomic mass is 9.83. The number of likely N-dealkylation sites (N-methyl/N-ethyl adjacent to an activating group) is 1. The van der Waals surface area contributed by atoms with Gasteiger partial charge in [-0.2, -0.15) is 0 Å². The van der Waals surface area contributed by atoms with Crippen molar-refractivity contribution in [3.63, 3.8) is 0 Å². The number of carbonyl (C=O) groups is 7. The number of aromatic nitrogens is 1. The summed E-state index contributed by atoms with van der Waals surface area (Å²) >= 11 is 6.87. The number of nitrogens with one attached hydrogen (secondary N) is 2. The van der Waals surface area contributed by atoms with E-state index in [0.29, 0.717) is 56.9 Å². The number of para-hydroxylation sites is 1. The zero-order valence-electron chi connectivity index (χ0n) is 51.7. The maximum Gasteiger partial charge on any atom is 0.409 e. The van der Waals surface area contributed by atoms with E-state index in [-0.39, 0.29) is 88.0 Å². The molecule has 2 aromatic carbocycles. The molecule has 3 aromatic rings. The Kier molecular flexibility index (Phi) is 23.8. The number of allylic oxidation sites excluding steroid dienone is 3. The summed E-state index contributed by atoms with van der Waals surface area (Å²) in [6.07, 6.45) is 0.819. The molecule has 25 heteroatoms. The molecule has 3 fully saturated rings. The maximum atomic E-state index is 14.5. The van der Waals surface area contributed by atoms with Crippen LogP contribution in [0.1, 0.15) is 90.3 Å². The molecule has 0 aliphatic carbocycles. The Labute approximate surface area is 513 Å². The predicted octanol–water partition coefficient (Wildman–Crippen LogP) is 5.23. The number of esters is 1. The number of likely N-dealkylation sites (tertiary alicyclic amines) is 1. The third kappa shape index (κ3) is 17.2. The number of amides is 5. The van der Waals surface area contributed by atoms with Crippen LogP contribution in [0.4, 0.5) is 10.5 Å². The third-order valence-electron chi connectivity index (χ3n) is 17.2. The van der Waals surface area contributed by atoms with Crippen molar-refractivity contribution in [3.05, 3.63) is 82.5 Å². The van der Waals surface area contributed by atoms with Gasteiger partial charge >= 0.3 is 18.0 Å². The lowest BCUT2D eigenvalue weighted by Gasteiger charge is -2.42. The highest BCUT2D eigenvalue weighted by atomic mass is 35.5. The van der Waals surface area contributed by atoms with Crippen LogP contribution < -0.4 is 20.4 Å². The molecule has 1 aromatic heterocycles. The summed E-state index contributed by atoms with van der Waals surface area (Å²) in [5.41, 5.74) is 3.98. The van der Waals surface area contributed by atoms with Crippen molar-refractivity contribution in [3.8, 4) is 5.75 Å². The number of hydrogen-bond donors (Lipinski definition) is 4. The van der Waals surface area contributed by atoms with Gasteiger partial charge in [0.1, 0.15) is 40.7 Å². The summed E-state index contributed by atoms with van der Waals surface area (Å²) in [6.45, 7) is 9.42. The molecular weight excluding hydrogens is 1150 g/mol. The van der Waals surface area contributed by atoms with Crippen LogP contribution in [0.5, 0.6) is 5.75 Å². The summed E-state index contributed by atoms with van der Waals surface area (Å²) in [7, 11) is 9.66. The molecule has 5 amide bonds. The van der Waals surface area contributed by atoms with Crippen molar-refractivity contribution in [2.24, 2.45) is 5.92 Å². The van der Waals surface area contributed by atoms with Crippen LogP contribution >= 0.6 is 11.6 Å². The topological polar surface area (TPSA) is 273 Å². The number of hydrazine groups is 1. The zero-order chi connectivity index (χ0) is 63.3. The number of aliphatic carboxylic acids is 1. The summed E-state index contributed by atoms with van der Waals surface area (Å²) in [5.74, 6) is -3.51. The minimum absolute atomic E-state index is 0.00142. The Bertz CT molecular complexity index is 3000. The van der Waals surface area contributed by atoms with Gasteiger partial charge in [-0.1, -0.05) is 60.5 Å². The Hall–Kier alpha value is -6.64. The predicted molar refractivity (Wildman–Crippen MR) is 322 cm³/mol. The Morgan fingerprint density at radius 3 is 2.36 bits per heavy atom. The number of carbonyl (C=O) groups excluding carboxylic acids is 6. The second kappa shape index (κ2) is 30.5. The largest absolute Gasteiger partial charge is 0.495 e. The molecule has 3 saturated heterocycles. The van der Waals surface area contributed by atoms with Crippen LogP contribution in [0.15, 0.2) is 66.3 Å². The molecule has 7 rings (SSSR count). The van der Waals surface area contributed by atoms with E-state index in [0.717, 1.165) is 27.7 Å². The highest BCUT2D eigenvalue weighted by molar-refractivity contribution is 6.35. The fraction of sp³-hybridized carbons (Fsp3) is 0.597. The third-order valence-corrected chi connectivity index (χ3v) is 17.6. The average molecular weight is 1240 g/mol. The molecule has 2 unspecified atom stereocenters. The van der Waals surface area contributed by atoms with Crippen molar-refractivity contribution >= 4 is 69.9 Å². The molecular formula is C62H87ClN8O16. The van der Waals surface area contributed by atoms with Crippen molar-refractivity contribution in [1.82, 2.24) is 35.0 Å². The number of benzene rings is 2. The van der Waals surface area contributed by atoms with Gasteiger partial charge in [-0.15, -0.1) is 0 Å². The van der Waals surface area contributed by atoms with Crippen LogP contribution in [0.3, 0.4) is 0 Å². The van der Waals surface area contributed by atoms with Crippen molar-refractivity contribution in [2.45, 2.75) is 146 Å². The van der Waals surface area contributed by atoms with Gasteiger partial charge in [-0.05, 0) is 82.3 Å². The van der Waals surface area contributed by atoms with Crippen molar-refractivity contribution in [1.29, 1.82) is 0 Å². The number of hydrogen-bond acceptors (Lipinski definition) is 17. The Morgan fingerprint density at radius 1 is 0.966 bits per heavy atom. The van der Waals surface area contributed by atoms with E-state index in [1.54, 1.807) is 50.1 Å². The van der Waals surface area contributed by atoms with Crippen LogP contribution in [0.2, 0.25) is 5.02 Å². The van der Waals surface area contributed by atoms with Crippen LogP contribution in [0.25, 0.3) is 10.9 Å². The van der Waals surface area contributed by atoms with E-state index in [1.165, 1.54) is 38.0 Å². The number of methoxy groups -OCH3 is 2. The van der Waals surface area contributed by atoms with Gasteiger partial charge in [-0.25, -0.2) is 14.6 Å². The lowest BCUT2D eigenvalue weighted by Crippen LogP contribution is -2.63. The molecule has 24 nitrogen and oxygen atoms in total. The van der Waals surface area contributed by atoms with Gasteiger partial charge in [0.15, 0.2) is 5.72 Å². The summed E-state index contributed by atoms with van der Waals surface area (Å²) in [5, 5.41) is 26.7. The number of anilines is 1. The SMILES string of the molecule is CNN(C)Cc1cc2ccccc2n1CCC(=O)N1CCC(N(CCOCCOCCC(=O)O)C(=O)CCC(=O)N(C)[C@@H](C)C(=O)O[C@H]2CC(=O)N(C)c3cc(cc(OC)c3Cl)C/C(C)=C/C=C/[C@@H](OC)[C@@]3(O)C[C@H](OC(=O)N3)[C@@H](C)C3OC32C)CC1. The van der Waals surface area contributed by atoms with E-state index < -0.39 is 84.0 Å². The quantitative estimate of drug-likeness (QED) is 0.0387. The number of ether oxygens (including phenoxy) is 7. The first-order valence-electron chi connectivity index (χ1n) is 29.7. The van der Waals surface area contributed by atoms with Crippen LogP contribution in [-0.2, 0) is 76.7 Å². The number of nitrogens with zero attached hydrogens (tertiary/aromatic N) is 6. The number of piperidine rings is 1. The highest BCUT2D eigenvalue weighted by Crippen LogP contribution is 2.49. The number of aliphatic hydroxyl groups is 1. The smallest absolute Gasteiger partial charge is 0.409 e. The molecule has 478 valence electrons. The fourth-order valence-corrected chi connectivity index (χ4v) is 12.0. The molecule has 0 saturated carbocycles. The summed E-state index contributed by atoms with van der Waals surface area (Å²) in [4.78, 5) is 101. The summed E-state index contributed by atoms with van der Waals surface area (Å²) < 4.78 is 43.0. The second-order valence-electron chi connectivity index (χ2n) is 23.1. The molecule has 4 aliphatic heterocycles. The minimum Gasteiger partial charge on any atom is -0.495 e. The number of rotatable bonds is 24. The molecule has 0 spiro atoms. The van der Waals surface area contributed by atoms with Gasteiger partial charge in [-0.3, -0.25) is 34.7 Å². The number of aryl methyl sites for hydroxylation is 1. The van der Waals surface area contributed by atoms with E-state index in [4.69, 9.17) is 49.9 Å². The molecule has 4 aliphatic rings. The summed E-state index contributed by atoms with van der Waals surface area (Å²) in [6, 6.07) is 12.3. The van der Waals surface area contributed by atoms with Gasteiger partial charge in [0.2, 0.25) is 23.6 Å². The number of halogens is 1. The highest BCUT2D eigenvalue weighted by Gasteiger charge is 2.64. The van der Waals surface area contributed by atoms with Gasteiger partial charge in [0.25, 0.3) is 0 Å². The van der Waals surface area contributed by atoms with Gasteiger partial charge in [0, 0.05) is 103 Å². The van der Waals surface area contributed by atoms with E-state index in [2.05, 4.69) is 33.5 Å². The number of fused-ring (bicyclic) bond motifs is 6. The molecule has 4 bridgehead atoms. The van der Waals surface area contributed by atoms with Crippen molar-refractivity contribution in [2.75, 3.05) is 93.4 Å². The van der Waals surface area contributed by atoms with Crippen LogP contribution in [-0.4, -0.2) is 212 Å². The van der Waals surface area contributed by atoms with E-state index in [9.17, 15) is 38.7 Å². The molecule has 8 atom stereocenters. The Morgan fingerprint density at radius 2 is 1.67 bits per heavy atom.